The van der Waals surface area contributed by atoms with Crippen LogP contribution >= 0.6 is 27.3 Å². The highest BCUT2D eigenvalue weighted by Crippen LogP contribution is 2.39. The molecule has 0 bridgehead atoms. The van der Waals surface area contributed by atoms with E-state index in [9.17, 15) is 9.90 Å². The van der Waals surface area contributed by atoms with Gasteiger partial charge in [-0.2, -0.15) is 0 Å². The Morgan fingerprint density at radius 2 is 1.87 bits per heavy atom. The van der Waals surface area contributed by atoms with Gasteiger partial charge in [-0.25, -0.2) is 0 Å². The van der Waals surface area contributed by atoms with Crippen molar-refractivity contribution in [2.45, 2.75) is 38.0 Å². The number of carboxylic acid groups (broad SMARTS) is 1. The molecule has 2 unspecified atom stereocenters. The van der Waals surface area contributed by atoms with Crippen molar-refractivity contribution in [3.63, 3.8) is 0 Å². The second kappa shape index (κ2) is 9.77. The average Bonchev–Trinajstić information content (AvgIpc) is 3.20. The molecule has 2 aromatic carbocycles. The molecule has 0 aliphatic carbocycles. The fraction of sp³-hybridized carbons (Fsp3) is 0.292. The Labute approximate surface area is 189 Å². The molecule has 4 rings (SSSR count). The molecule has 1 aliphatic heterocycles. The number of piperidine rings is 1. The SMILES string of the molecule is O=C(O)C1CCCCN1C(c1ccc(OCc2ccccc2)cc1)c1ccc(Br)s1. The van der Waals surface area contributed by atoms with Crippen LogP contribution in [0.3, 0.4) is 0 Å². The van der Waals surface area contributed by atoms with Gasteiger partial charge in [0.25, 0.3) is 0 Å². The van der Waals surface area contributed by atoms with Crippen LogP contribution < -0.4 is 4.74 Å². The first kappa shape index (κ1) is 21.1. The lowest BCUT2D eigenvalue weighted by molar-refractivity contribution is -0.145. The fourth-order valence-corrected chi connectivity index (χ4v) is 5.58. The monoisotopic (exact) mass is 485 g/mol. The minimum atomic E-state index is -0.738. The lowest BCUT2D eigenvalue weighted by Gasteiger charge is -2.39. The summed E-state index contributed by atoms with van der Waals surface area (Å²) in [6, 6.07) is 21.8. The molecule has 1 aliphatic rings. The second-order valence-corrected chi connectivity index (χ2v) is 9.97. The highest BCUT2D eigenvalue weighted by Gasteiger charge is 2.35. The molecule has 0 radical (unpaired) electrons. The number of carboxylic acids is 1. The first-order valence-electron chi connectivity index (χ1n) is 10.1. The number of thiophene rings is 1. The molecule has 1 N–H and O–H groups in total. The van der Waals surface area contributed by atoms with Crippen molar-refractivity contribution in [3.8, 4) is 5.75 Å². The number of nitrogens with zero attached hydrogens (tertiary/aromatic N) is 1. The first-order chi connectivity index (χ1) is 14.6. The highest BCUT2D eigenvalue weighted by atomic mass is 79.9. The lowest BCUT2D eigenvalue weighted by atomic mass is 9.95. The quantitative estimate of drug-likeness (QED) is 0.437. The highest BCUT2D eigenvalue weighted by molar-refractivity contribution is 9.11. The molecule has 1 fully saturated rings. The largest absolute Gasteiger partial charge is 0.489 e. The van der Waals surface area contributed by atoms with Gasteiger partial charge in [0.05, 0.1) is 9.83 Å². The molecule has 0 amide bonds. The zero-order valence-electron chi connectivity index (χ0n) is 16.5. The van der Waals surface area contributed by atoms with Crippen molar-refractivity contribution in [3.05, 3.63) is 86.5 Å². The molecule has 156 valence electrons. The summed E-state index contributed by atoms with van der Waals surface area (Å²) in [7, 11) is 0. The van der Waals surface area contributed by atoms with Crippen LogP contribution in [0.25, 0.3) is 0 Å². The third kappa shape index (κ3) is 4.94. The van der Waals surface area contributed by atoms with E-state index in [2.05, 4.69) is 39.0 Å². The van der Waals surface area contributed by atoms with Crippen LogP contribution in [-0.2, 0) is 11.4 Å². The van der Waals surface area contributed by atoms with Crippen molar-refractivity contribution in [1.29, 1.82) is 0 Å². The fourth-order valence-electron chi connectivity index (χ4n) is 4.01. The van der Waals surface area contributed by atoms with Crippen LogP contribution in [0.5, 0.6) is 5.75 Å². The number of hydrogen-bond acceptors (Lipinski definition) is 4. The summed E-state index contributed by atoms with van der Waals surface area (Å²) in [4.78, 5) is 15.2. The van der Waals surface area contributed by atoms with Crippen LogP contribution in [-0.4, -0.2) is 28.6 Å². The minimum absolute atomic E-state index is 0.0779. The van der Waals surface area contributed by atoms with E-state index in [4.69, 9.17) is 4.74 Å². The van der Waals surface area contributed by atoms with Gasteiger partial charge in [-0.15, -0.1) is 11.3 Å². The van der Waals surface area contributed by atoms with E-state index in [1.807, 2.05) is 48.5 Å². The number of halogens is 1. The standard InChI is InChI=1S/C24H24BrNO3S/c25-22-14-13-21(30-22)23(26-15-5-4-8-20(26)24(27)28)18-9-11-19(12-10-18)29-16-17-6-2-1-3-7-17/h1-3,6-7,9-14,20,23H,4-5,8,15-16H2,(H,27,28). The van der Waals surface area contributed by atoms with Gasteiger partial charge in [0.2, 0.25) is 0 Å². The Kier molecular flexibility index (Phi) is 6.87. The number of hydrogen-bond donors (Lipinski definition) is 1. The summed E-state index contributed by atoms with van der Waals surface area (Å²) in [6.07, 6.45) is 2.67. The minimum Gasteiger partial charge on any atom is -0.489 e. The molecular weight excluding hydrogens is 462 g/mol. The van der Waals surface area contributed by atoms with E-state index in [0.29, 0.717) is 13.0 Å². The van der Waals surface area contributed by atoms with E-state index in [0.717, 1.165) is 44.9 Å². The third-order valence-corrected chi connectivity index (χ3v) is 7.14. The van der Waals surface area contributed by atoms with Gasteiger partial charge >= 0.3 is 5.97 Å². The van der Waals surface area contributed by atoms with Gasteiger partial charge in [0.1, 0.15) is 18.4 Å². The zero-order chi connectivity index (χ0) is 20.9. The van der Waals surface area contributed by atoms with E-state index in [-0.39, 0.29) is 6.04 Å². The Bertz CT molecular complexity index is 974. The number of carbonyl (C=O) groups is 1. The second-order valence-electron chi connectivity index (χ2n) is 7.48. The smallest absolute Gasteiger partial charge is 0.320 e. The maximum absolute atomic E-state index is 11.9. The van der Waals surface area contributed by atoms with E-state index < -0.39 is 12.0 Å². The van der Waals surface area contributed by atoms with Gasteiger partial charge in [-0.1, -0.05) is 48.9 Å². The number of likely N-dealkylation sites (tertiary alicyclic amines) is 1. The predicted molar refractivity (Wildman–Crippen MR) is 123 cm³/mol. The molecular formula is C24H24BrNO3S. The van der Waals surface area contributed by atoms with Crippen molar-refractivity contribution in [1.82, 2.24) is 4.90 Å². The van der Waals surface area contributed by atoms with Crippen molar-refractivity contribution in [2.75, 3.05) is 6.54 Å². The number of rotatable bonds is 7. The van der Waals surface area contributed by atoms with Crippen LogP contribution in [0, 0.1) is 0 Å². The van der Waals surface area contributed by atoms with Gasteiger partial charge in [-0.05, 0) is 70.7 Å². The molecule has 1 saturated heterocycles. The molecule has 3 aromatic rings. The molecule has 2 heterocycles. The summed E-state index contributed by atoms with van der Waals surface area (Å²) in [5.41, 5.74) is 2.21. The molecule has 6 heteroatoms. The van der Waals surface area contributed by atoms with E-state index >= 15 is 0 Å². The third-order valence-electron chi connectivity index (χ3n) is 5.47. The summed E-state index contributed by atoms with van der Waals surface area (Å²) in [6.45, 7) is 1.30. The van der Waals surface area contributed by atoms with Crippen LogP contribution in [0.2, 0.25) is 0 Å². The van der Waals surface area contributed by atoms with Gasteiger partial charge in [-0.3, -0.25) is 9.69 Å². The Morgan fingerprint density at radius 1 is 1.10 bits per heavy atom. The number of benzene rings is 2. The Hall–Kier alpha value is -2.15. The summed E-state index contributed by atoms with van der Waals surface area (Å²) in [5, 5.41) is 9.81. The summed E-state index contributed by atoms with van der Waals surface area (Å²) < 4.78 is 6.98. The molecule has 2 atom stereocenters. The number of aliphatic carboxylic acids is 1. The Balaban J connectivity index is 1.58. The molecule has 0 spiro atoms. The maximum atomic E-state index is 11.9. The van der Waals surface area contributed by atoms with Crippen molar-refractivity contribution < 1.29 is 14.6 Å². The van der Waals surface area contributed by atoms with E-state index in [1.165, 1.54) is 0 Å². The van der Waals surface area contributed by atoms with Crippen LogP contribution in [0.15, 0.2) is 70.5 Å². The zero-order valence-corrected chi connectivity index (χ0v) is 18.9. The van der Waals surface area contributed by atoms with Crippen LogP contribution in [0.4, 0.5) is 0 Å². The van der Waals surface area contributed by atoms with E-state index in [1.54, 1.807) is 11.3 Å². The summed E-state index contributed by atoms with van der Waals surface area (Å²) >= 11 is 5.22. The maximum Gasteiger partial charge on any atom is 0.320 e. The normalized spacial score (nSPS) is 18.1. The molecule has 4 nitrogen and oxygen atoms in total. The first-order valence-corrected chi connectivity index (χ1v) is 11.7. The van der Waals surface area contributed by atoms with Gasteiger partial charge < -0.3 is 9.84 Å². The van der Waals surface area contributed by atoms with Crippen molar-refractivity contribution in [2.24, 2.45) is 0 Å². The van der Waals surface area contributed by atoms with Gasteiger partial charge in [0, 0.05) is 4.88 Å². The Morgan fingerprint density at radius 3 is 2.53 bits per heavy atom. The summed E-state index contributed by atoms with van der Waals surface area (Å²) in [5.74, 6) is 0.0697. The molecule has 1 aromatic heterocycles. The number of ether oxygens (including phenoxy) is 1. The lowest BCUT2D eigenvalue weighted by Crippen LogP contribution is -2.46. The van der Waals surface area contributed by atoms with Crippen LogP contribution in [0.1, 0.15) is 41.3 Å². The van der Waals surface area contributed by atoms with Crippen molar-refractivity contribution >= 4 is 33.2 Å². The molecule has 0 saturated carbocycles. The predicted octanol–water partition coefficient (Wildman–Crippen LogP) is 6.12. The molecule has 30 heavy (non-hydrogen) atoms. The average molecular weight is 486 g/mol. The van der Waals surface area contributed by atoms with Gasteiger partial charge in [0.15, 0.2) is 0 Å². The topological polar surface area (TPSA) is 49.8 Å².